The summed E-state index contributed by atoms with van der Waals surface area (Å²) in [6.45, 7) is 2.31. The number of carbonyl (C=O) groups is 2. The first-order valence-electron chi connectivity index (χ1n) is 9.94. The molecule has 3 aromatic rings. The third kappa shape index (κ3) is 5.03. The van der Waals surface area contributed by atoms with Crippen LogP contribution in [0.3, 0.4) is 0 Å². The van der Waals surface area contributed by atoms with Crippen LogP contribution in [0, 0.1) is 6.92 Å². The van der Waals surface area contributed by atoms with Gasteiger partial charge in [-0.05, 0) is 55.2 Å². The Hall–Kier alpha value is -3.67. The average Bonchev–Trinajstić information content (AvgIpc) is 3.59. The normalized spacial score (nSPS) is 12.8. The molecule has 2 amide bonds. The molecule has 2 N–H and O–H groups in total. The fourth-order valence-electron chi connectivity index (χ4n) is 2.92. The number of nitrogens with zero attached hydrogens (tertiary/aromatic N) is 1. The van der Waals surface area contributed by atoms with Crippen LogP contribution in [0.5, 0.6) is 5.75 Å². The summed E-state index contributed by atoms with van der Waals surface area (Å²) in [4.78, 5) is 29.1. The van der Waals surface area contributed by atoms with Crippen LogP contribution in [-0.4, -0.2) is 22.8 Å². The van der Waals surface area contributed by atoms with Gasteiger partial charge in [-0.1, -0.05) is 36.4 Å². The highest BCUT2D eigenvalue weighted by Crippen LogP contribution is 2.22. The molecular formula is C24H23N3O3. The van der Waals surface area contributed by atoms with Gasteiger partial charge in [0.15, 0.2) is 0 Å². The largest absolute Gasteiger partial charge is 0.487 e. The number of aromatic nitrogens is 1. The molecule has 1 heterocycles. The van der Waals surface area contributed by atoms with Crippen molar-refractivity contribution in [2.45, 2.75) is 32.4 Å². The summed E-state index contributed by atoms with van der Waals surface area (Å²) >= 11 is 0. The van der Waals surface area contributed by atoms with E-state index in [0.29, 0.717) is 23.6 Å². The van der Waals surface area contributed by atoms with Crippen LogP contribution in [0.25, 0.3) is 0 Å². The van der Waals surface area contributed by atoms with E-state index in [4.69, 9.17) is 4.74 Å². The van der Waals surface area contributed by atoms with E-state index in [1.54, 1.807) is 24.3 Å². The first-order chi connectivity index (χ1) is 14.6. The molecule has 0 atom stereocenters. The lowest BCUT2D eigenvalue weighted by atomic mass is 10.1. The standard InChI is InChI=1S/C24H23N3O3/c1-16-7-8-18(23(28)26-19-9-10-19)13-22(16)27-24(29)21-12-11-20(14-25-21)30-15-17-5-3-2-4-6-17/h2-8,11-14,19H,9-10,15H2,1H3,(H,26,28)(H,27,29). The first-order valence-corrected chi connectivity index (χ1v) is 9.94. The number of ether oxygens (including phenoxy) is 1. The Bertz CT molecular complexity index is 1050. The zero-order valence-electron chi connectivity index (χ0n) is 16.7. The van der Waals surface area contributed by atoms with Gasteiger partial charge in [0.2, 0.25) is 0 Å². The summed E-state index contributed by atoms with van der Waals surface area (Å²) in [5.41, 5.74) is 3.32. The Balaban J connectivity index is 1.39. The zero-order chi connectivity index (χ0) is 20.9. The van der Waals surface area contributed by atoms with Gasteiger partial charge < -0.3 is 15.4 Å². The molecule has 0 saturated heterocycles. The molecule has 1 aromatic heterocycles. The Morgan fingerprint density at radius 3 is 2.53 bits per heavy atom. The lowest BCUT2D eigenvalue weighted by Crippen LogP contribution is -2.25. The van der Waals surface area contributed by atoms with Gasteiger partial charge in [0.1, 0.15) is 18.1 Å². The number of carbonyl (C=O) groups excluding carboxylic acids is 2. The van der Waals surface area contributed by atoms with Crippen LogP contribution < -0.4 is 15.4 Å². The Morgan fingerprint density at radius 1 is 1.03 bits per heavy atom. The fraction of sp³-hybridized carbons (Fsp3) is 0.208. The maximum Gasteiger partial charge on any atom is 0.274 e. The quantitative estimate of drug-likeness (QED) is 0.624. The lowest BCUT2D eigenvalue weighted by molar-refractivity contribution is 0.0949. The first kappa shape index (κ1) is 19.6. The van der Waals surface area contributed by atoms with E-state index in [2.05, 4.69) is 15.6 Å². The summed E-state index contributed by atoms with van der Waals surface area (Å²) in [7, 11) is 0. The van der Waals surface area contributed by atoms with Crippen molar-refractivity contribution in [3.8, 4) is 5.75 Å². The predicted octanol–water partition coefficient (Wildman–Crippen LogP) is 4.11. The van der Waals surface area contributed by atoms with Gasteiger partial charge in [-0.3, -0.25) is 9.59 Å². The number of rotatable bonds is 7. The minimum absolute atomic E-state index is 0.119. The average molecular weight is 401 g/mol. The van der Waals surface area contributed by atoms with Crippen molar-refractivity contribution < 1.29 is 14.3 Å². The maximum atomic E-state index is 12.6. The van der Waals surface area contributed by atoms with E-state index in [-0.39, 0.29) is 23.6 Å². The van der Waals surface area contributed by atoms with Crippen molar-refractivity contribution in [1.82, 2.24) is 10.3 Å². The van der Waals surface area contributed by atoms with Gasteiger partial charge >= 0.3 is 0 Å². The van der Waals surface area contributed by atoms with Gasteiger partial charge in [0.05, 0.1) is 6.20 Å². The molecule has 6 heteroatoms. The molecule has 0 spiro atoms. The number of nitrogens with one attached hydrogen (secondary N) is 2. The van der Waals surface area contributed by atoms with Gasteiger partial charge in [-0.15, -0.1) is 0 Å². The minimum atomic E-state index is -0.340. The molecule has 1 aliphatic carbocycles. The topological polar surface area (TPSA) is 80.3 Å². The molecular weight excluding hydrogens is 378 g/mol. The SMILES string of the molecule is Cc1ccc(C(=O)NC2CC2)cc1NC(=O)c1ccc(OCc2ccccc2)cn1. The number of aryl methyl sites for hydroxylation is 1. The molecule has 1 fully saturated rings. The molecule has 0 unspecified atom stereocenters. The van der Waals surface area contributed by atoms with E-state index in [9.17, 15) is 9.59 Å². The number of hydrogen-bond acceptors (Lipinski definition) is 4. The Kier molecular flexibility index (Phi) is 5.75. The summed E-state index contributed by atoms with van der Waals surface area (Å²) < 4.78 is 5.70. The number of anilines is 1. The molecule has 6 nitrogen and oxygen atoms in total. The highest BCUT2D eigenvalue weighted by Gasteiger charge is 2.24. The molecule has 0 bridgehead atoms. The second-order valence-corrected chi connectivity index (χ2v) is 7.38. The van der Waals surface area contributed by atoms with E-state index < -0.39 is 0 Å². The van der Waals surface area contributed by atoms with Crippen molar-refractivity contribution in [3.05, 3.63) is 89.2 Å². The predicted molar refractivity (Wildman–Crippen MR) is 115 cm³/mol. The fourth-order valence-corrected chi connectivity index (χ4v) is 2.92. The highest BCUT2D eigenvalue weighted by atomic mass is 16.5. The number of benzene rings is 2. The molecule has 2 aromatic carbocycles. The summed E-state index contributed by atoms with van der Waals surface area (Å²) in [5, 5.41) is 5.80. The Morgan fingerprint density at radius 2 is 1.83 bits per heavy atom. The number of hydrogen-bond donors (Lipinski definition) is 2. The van der Waals surface area contributed by atoms with Crippen LogP contribution in [0.15, 0.2) is 66.9 Å². The molecule has 30 heavy (non-hydrogen) atoms. The monoisotopic (exact) mass is 401 g/mol. The van der Waals surface area contributed by atoms with Crippen LogP contribution >= 0.6 is 0 Å². The van der Waals surface area contributed by atoms with Crippen LogP contribution in [0.1, 0.15) is 44.8 Å². The van der Waals surface area contributed by atoms with Crippen molar-refractivity contribution in [2.24, 2.45) is 0 Å². The van der Waals surface area contributed by atoms with E-state index in [1.165, 1.54) is 6.20 Å². The summed E-state index contributed by atoms with van der Waals surface area (Å²) in [5.74, 6) is 0.129. The van der Waals surface area contributed by atoms with E-state index in [1.807, 2.05) is 43.3 Å². The lowest BCUT2D eigenvalue weighted by Gasteiger charge is -2.11. The van der Waals surface area contributed by atoms with E-state index in [0.717, 1.165) is 24.0 Å². The molecule has 1 saturated carbocycles. The van der Waals surface area contributed by atoms with Crippen LogP contribution in [-0.2, 0) is 6.61 Å². The van der Waals surface area contributed by atoms with Gasteiger partial charge in [0, 0.05) is 17.3 Å². The summed E-state index contributed by atoms with van der Waals surface area (Å²) in [6.07, 6.45) is 3.58. The van der Waals surface area contributed by atoms with Gasteiger partial charge in [0.25, 0.3) is 11.8 Å². The second kappa shape index (κ2) is 8.78. The zero-order valence-corrected chi connectivity index (χ0v) is 16.7. The van der Waals surface area contributed by atoms with Crippen molar-refractivity contribution >= 4 is 17.5 Å². The molecule has 0 aliphatic heterocycles. The van der Waals surface area contributed by atoms with Gasteiger partial charge in [-0.2, -0.15) is 0 Å². The number of amides is 2. The van der Waals surface area contributed by atoms with Gasteiger partial charge in [-0.25, -0.2) is 4.98 Å². The highest BCUT2D eigenvalue weighted by molar-refractivity contribution is 6.04. The third-order valence-electron chi connectivity index (χ3n) is 4.88. The molecule has 0 radical (unpaired) electrons. The number of pyridine rings is 1. The third-order valence-corrected chi connectivity index (χ3v) is 4.88. The molecule has 4 rings (SSSR count). The smallest absolute Gasteiger partial charge is 0.274 e. The van der Waals surface area contributed by atoms with Crippen LogP contribution in [0.2, 0.25) is 0 Å². The minimum Gasteiger partial charge on any atom is -0.487 e. The van der Waals surface area contributed by atoms with Crippen molar-refractivity contribution in [3.63, 3.8) is 0 Å². The maximum absolute atomic E-state index is 12.6. The van der Waals surface area contributed by atoms with Crippen molar-refractivity contribution in [2.75, 3.05) is 5.32 Å². The Labute approximate surface area is 175 Å². The van der Waals surface area contributed by atoms with Crippen LogP contribution in [0.4, 0.5) is 5.69 Å². The molecule has 152 valence electrons. The second-order valence-electron chi connectivity index (χ2n) is 7.38. The molecule has 1 aliphatic rings. The summed E-state index contributed by atoms with van der Waals surface area (Å²) in [6, 6.07) is 18.7. The van der Waals surface area contributed by atoms with Crippen molar-refractivity contribution in [1.29, 1.82) is 0 Å². The van der Waals surface area contributed by atoms with E-state index >= 15 is 0 Å².